The fourth-order valence-electron chi connectivity index (χ4n) is 11.6. The van der Waals surface area contributed by atoms with Crippen molar-refractivity contribution in [3.63, 3.8) is 0 Å². The summed E-state index contributed by atoms with van der Waals surface area (Å²) in [6.45, 7) is 32.3. The average molecular weight is 729 g/mol. The monoisotopic (exact) mass is 728 g/mol. The molecule has 52 heavy (non-hydrogen) atoms. The van der Waals surface area contributed by atoms with Crippen molar-refractivity contribution in [2.45, 2.75) is 173 Å². The highest BCUT2D eigenvalue weighted by Gasteiger charge is 2.63. The summed E-state index contributed by atoms with van der Waals surface area (Å²) in [5.74, 6) is 0. The number of anilines is 4. The Labute approximate surface area is 324 Å². The van der Waals surface area contributed by atoms with E-state index in [1.807, 2.05) is 0 Å². The van der Waals surface area contributed by atoms with Gasteiger partial charge < -0.3 is 9.80 Å². The van der Waals surface area contributed by atoms with Crippen molar-refractivity contribution in [2.24, 2.45) is 5.41 Å². The highest BCUT2D eigenvalue weighted by atomic mass is 32.2. The van der Waals surface area contributed by atoms with E-state index in [1.54, 1.807) is 47.9 Å². The van der Waals surface area contributed by atoms with Crippen LogP contribution < -0.4 is 25.5 Å². The van der Waals surface area contributed by atoms with E-state index < -0.39 is 0 Å². The van der Waals surface area contributed by atoms with E-state index in [0.717, 1.165) is 6.42 Å². The van der Waals surface area contributed by atoms with Crippen molar-refractivity contribution in [3.8, 4) is 0 Å². The summed E-state index contributed by atoms with van der Waals surface area (Å²) in [7, 11) is 0. The Kier molecular flexibility index (Phi) is 7.41. The largest absolute Gasteiger partial charge is 0.335 e. The summed E-state index contributed by atoms with van der Waals surface area (Å²) >= 11 is 4.33. The van der Waals surface area contributed by atoms with Crippen LogP contribution in [0.3, 0.4) is 0 Å². The molecular formula is C47H61BN2S2. The van der Waals surface area contributed by atoms with Crippen molar-refractivity contribution < 1.29 is 0 Å². The first-order valence-corrected chi connectivity index (χ1v) is 22.0. The fraction of sp³-hybridized carbons (Fsp3) is 0.574. The molecule has 9 rings (SSSR count). The summed E-state index contributed by atoms with van der Waals surface area (Å²) in [6, 6.07) is 7.86. The SMILES string of the molecule is C/C=C(\C=C/CC(C)(C)C)N1c2cc(C)cc3c2B(c2cc4c(c5c2N3C2(C)CCCCC52C)CC(C)(C)S4)c2sc3c(c21)C(C)(C)CCC3(C)C. The molecule has 6 aliphatic rings. The molecule has 2 nitrogen and oxygen atoms in total. The lowest BCUT2D eigenvalue weighted by molar-refractivity contribution is 0.194. The van der Waals surface area contributed by atoms with Crippen molar-refractivity contribution in [3.05, 3.63) is 69.3 Å². The molecule has 4 aliphatic heterocycles. The molecule has 274 valence electrons. The van der Waals surface area contributed by atoms with E-state index in [2.05, 4.69) is 159 Å². The smallest absolute Gasteiger partial charge is 0.264 e. The standard InChI is InChI=1S/C47H61BN2S2/c1-14-29(18-17-19-42(3,4)5)49-32-24-28(2)25-33-37(32)48(41-39(49)36-40(51-41)44(8,9)23-22-43(36,6)7)31-26-34-30(27-45(10,11)52-34)35-38(31)50(33)47(13)21-16-15-20-46(35,47)12/h14,17-18,24-26H,15-16,19-23,27H2,1-13H3/b18-17-,29-14+. The van der Waals surface area contributed by atoms with Crippen LogP contribution in [0.4, 0.5) is 22.7 Å². The maximum Gasteiger partial charge on any atom is 0.264 e. The number of thiophene rings is 1. The molecule has 0 saturated heterocycles. The van der Waals surface area contributed by atoms with Crippen LogP contribution in [0.25, 0.3) is 0 Å². The molecule has 0 N–H and O–H groups in total. The topological polar surface area (TPSA) is 6.48 Å². The molecule has 3 aromatic rings. The van der Waals surface area contributed by atoms with Crippen LogP contribution in [-0.4, -0.2) is 17.0 Å². The van der Waals surface area contributed by atoms with Crippen molar-refractivity contribution >= 4 is 68.3 Å². The van der Waals surface area contributed by atoms with Crippen LogP contribution in [0.2, 0.25) is 0 Å². The zero-order valence-corrected chi connectivity index (χ0v) is 36.0. The lowest BCUT2D eigenvalue weighted by atomic mass is 9.35. The zero-order chi connectivity index (χ0) is 37.1. The van der Waals surface area contributed by atoms with Gasteiger partial charge in [0.1, 0.15) is 0 Å². The van der Waals surface area contributed by atoms with Gasteiger partial charge in [-0.05, 0) is 127 Å². The zero-order valence-electron chi connectivity index (χ0n) is 34.4. The third-order valence-electron chi connectivity index (χ3n) is 14.4. The second-order valence-electron chi connectivity index (χ2n) is 21.0. The Morgan fingerprint density at radius 2 is 1.56 bits per heavy atom. The third kappa shape index (κ3) is 4.63. The van der Waals surface area contributed by atoms with Crippen molar-refractivity contribution in [2.75, 3.05) is 9.80 Å². The quantitative estimate of drug-likeness (QED) is 0.196. The number of benzene rings is 2. The van der Waals surface area contributed by atoms with Gasteiger partial charge in [-0.3, -0.25) is 0 Å². The Morgan fingerprint density at radius 1 is 0.865 bits per heavy atom. The molecule has 0 bridgehead atoms. The lowest BCUT2D eigenvalue weighted by Gasteiger charge is -2.53. The summed E-state index contributed by atoms with van der Waals surface area (Å²) in [6.07, 6.45) is 17.1. The first kappa shape index (κ1) is 35.3. The van der Waals surface area contributed by atoms with Crippen LogP contribution >= 0.6 is 23.1 Å². The summed E-state index contributed by atoms with van der Waals surface area (Å²) in [5.41, 5.74) is 17.5. The fourth-order valence-corrected chi connectivity index (χ4v) is 14.6. The predicted molar refractivity (Wildman–Crippen MR) is 231 cm³/mol. The predicted octanol–water partition coefficient (Wildman–Crippen LogP) is 11.8. The minimum atomic E-state index is 0.0429. The maximum absolute atomic E-state index is 2.95. The van der Waals surface area contributed by atoms with E-state index in [1.165, 1.54) is 73.3 Å². The van der Waals surface area contributed by atoms with E-state index in [4.69, 9.17) is 0 Å². The van der Waals surface area contributed by atoms with Gasteiger partial charge in [0.05, 0.1) is 11.2 Å². The number of fused-ring (bicyclic) bond motifs is 11. The van der Waals surface area contributed by atoms with Gasteiger partial charge in [-0.2, -0.15) is 11.3 Å². The van der Waals surface area contributed by atoms with Crippen LogP contribution in [0, 0.1) is 12.3 Å². The summed E-state index contributed by atoms with van der Waals surface area (Å²) in [4.78, 5) is 8.90. The Bertz CT molecular complexity index is 2120. The average Bonchev–Trinajstić information content (AvgIpc) is 3.66. The van der Waals surface area contributed by atoms with E-state index in [-0.39, 0.29) is 38.7 Å². The second kappa shape index (κ2) is 10.9. The maximum atomic E-state index is 2.95. The highest BCUT2D eigenvalue weighted by molar-refractivity contribution is 8.01. The minimum absolute atomic E-state index is 0.0429. The molecule has 5 heterocycles. The minimum Gasteiger partial charge on any atom is -0.335 e. The Hall–Kier alpha value is -2.37. The summed E-state index contributed by atoms with van der Waals surface area (Å²) in [5, 5.41) is 0. The van der Waals surface area contributed by atoms with Gasteiger partial charge in [0.15, 0.2) is 0 Å². The number of hydrogen-bond acceptors (Lipinski definition) is 4. The number of rotatable bonds is 3. The van der Waals surface area contributed by atoms with Gasteiger partial charge >= 0.3 is 0 Å². The second-order valence-corrected chi connectivity index (χ2v) is 23.8. The number of aryl methyl sites for hydroxylation is 1. The molecule has 2 unspecified atom stereocenters. The van der Waals surface area contributed by atoms with Gasteiger partial charge in [0.25, 0.3) is 6.71 Å². The van der Waals surface area contributed by atoms with Gasteiger partial charge in [-0.15, -0.1) is 11.8 Å². The number of nitrogens with zero attached hydrogens (tertiary/aromatic N) is 2. The highest BCUT2D eigenvalue weighted by Crippen LogP contribution is 2.65. The van der Waals surface area contributed by atoms with E-state index in [0.29, 0.717) is 0 Å². The molecule has 5 heteroatoms. The van der Waals surface area contributed by atoms with Crippen LogP contribution in [0.5, 0.6) is 0 Å². The van der Waals surface area contributed by atoms with E-state index in [9.17, 15) is 0 Å². The van der Waals surface area contributed by atoms with Crippen molar-refractivity contribution in [1.29, 1.82) is 0 Å². The molecule has 0 radical (unpaired) electrons. The Morgan fingerprint density at radius 3 is 2.27 bits per heavy atom. The van der Waals surface area contributed by atoms with Crippen LogP contribution in [0.15, 0.2) is 47.0 Å². The molecule has 0 amide bonds. The molecule has 2 atom stereocenters. The van der Waals surface area contributed by atoms with Crippen LogP contribution in [-0.2, 0) is 22.7 Å². The molecule has 0 spiro atoms. The third-order valence-corrected chi connectivity index (χ3v) is 17.3. The van der Waals surface area contributed by atoms with Gasteiger partial charge in [-0.1, -0.05) is 100 Å². The van der Waals surface area contributed by atoms with Gasteiger partial charge in [-0.25, -0.2) is 0 Å². The number of thioether (sulfide) groups is 1. The number of hydrogen-bond donors (Lipinski definition) is 0. The van der Waals surface area contributed by atoms with Gasteiger partial charge in [0.2, 0.25) is 0 Å². The molecule has 1 fully saturated rings. The molecule has 1 aromatic heterocycles. The van der Waals surface area contributed by atoms with Crippen LogP contribution in [0.1, 0.15) is 155 Å². The molecular weight excluding hydrogens is 667 g/mol. The Balaban J connectivity index is 1.41. The number of allylic oxidation sites excluding steroid dienone is 3. The van der Waals surface area contributed by atoms with Gasteiger partial charge in [0, 0.05) is 47.5 Å². The summed E-state index contributed by atoms with van der Waals surface area (Å²) < 4.78 is 1.81. The molecule has 2 aliphatic carbocycles. The molecule has 1 saturated carbocycles. The lowest BCUT2D eigenvalue weighted by Crippen LogP contribution is -2.64. The first-order valence-electron chi connectivity index (χ1n) is 20.4. The molecule has 2 aromatic carbocycles. The normalized spacial score (nSPS) is 27.3. The van der Waals surface area contributed by atoms with E-state index >= 15 is 0 Å². The first-order chi connectivity index (χ1) is 24.2. The van der Waals surface area contributed by atoms with Crippen molar-refractivity contribution in [1.82, 2.24) is 0 Å².